The molecule has 1 amide bonds. The number of benzene rings is 2. The van der Waals surface area contributed by atoms with Crippen molar-refractivity contribution in [1.29, 1.82) is 0 Å². The van der Waals surface area contributed by atoms with Gasteiger partial charge in [0.1, 0.15) is 0 Å². The summed E-state index contributed by atoms with van der Waals surface area (Å²) in [5.41, 5.74) is 2.45. The fraction of sp³-hybridized carbons (Fsp3) is 0.346. The van der Waals surface area contributed by atoms with Crippen LogP contribution in [-0.4, -0.2) is 42.4 Å². The van der Waals surface area contributed by atoms with Crippen molar-refractivity contribution in [3.8, 4) is 22.8 Å². The molecule has 2 aromatic carbocycles. The van der Waals surface area contributed by atoms with Gasteiger partial charge in [-0.15, -0.1) is 10.2 Å². The summed E-state index contributed by atoms with van der Waals surface area (Å²) in [6, 6.07) is 18.9. The maximum Gasteiger partial charge on any atom is 0.262 e. The molecule has 0 spiro atoms. The van der Waals surface area contributed by atoms with E-state index in [-0.39, 0.29) is 12.5 Å². The fourth-order valence-corrected chi connectivity index (χ4v) is 3.86. The highest BCUT2D eigenvalue weighted by molar-refractivity contribution is 5.92. The molecule has 4 rings (SSSR count). The number of nitrogens with one attached hydrogen (secondary N) is 1. The molecule has 172 valence electrons. The molecule has 1 saturated heterocycles. The molecule has 3 aromatic rings. The first kappa shape index (κ1) is 22.6. The third-order valence-corrected chi connectivity index (χ3v) is 5.55. The van der Waals surface area contributed by atoms with Gasteiger partial charge in [0.25, 0.3) is 5.91 Å². The number of rotatable bonds is 8. The number of nitrogens with zero attached hydrogens (tertiary/aromatic N) is 3. The van der Waals surface area contributed by atoms with Crippen LogP contribution in [0, 0.1) is 0 Å². The molecule has 1 aromatic heterocycles. The van der Waals surface area contributed by atoms with Crippen LogP contribution < -0.4 is 19.7 Å². The van der Waals surface area contributed by atoms with E-state index in [0.29, 0.717) is 23.8 Å². The van der Waals surface area contributed by atoms with E-state index < -0.39 is 0 Å². The molecule has 0 radical (unpaired) electrons. The number of amides is 1. The zero-order valence-corrected chi connectivity index (χ0v) is 19.0. The topological polar surface area (TPSA) is 76.6 Å². The zero-order valence-electron chi connectivity index (χ0n) is 19.0. The molecule has 7 heteroatoms. The standard InChI is InChI=1S/C26H30N4O3/c1-2-32-23-9-5-6-10-24(23)33-19-26(31)27-21-13-11-20(12-14-21)22-15-16-25(29-28-22)30-17-7-3-4-8-18-30/h5-6,9-16H,2-4,7-8,17-19H2,1H3,(H,27,31). The van der Waals surface area contributed by atoms with Crippen molar-refractivity contribution in [2.45, 2.75) is 32.6 Å². The lowest BCUT2D eigenvalue weighted by atomic mass is 10.1. The Labute approximate surface area is 194 Å². The third kappa shape index (κ3) is 6.22. The number of aromatic nitrogens is 2. The quantitative estimate of drug-likeness (QED) is 0.528. The van der Waals surface area contributed by atoms with Crippen LogP contribution in [0.2, 0.25) is 0 Å². The monoisotopic (exact) mass is 446 g/mol. The first-order valence-electron chi connectivity index (χ1n) is 11.6. The number of ether oxygens (including phenoxy) is 2. The second kappa shape index (κ2) is 11.3. The summed E-state index contributed by atoms with van der Waals surface area (Å²) in [5, 5.41) is 11.7. The second-order valence-corrected chi connectivity index (χ2v) is 7.97. The molecule has 7 nitrogen and oxygen atoms in total. The Morgan fingerprint density at radius 2 is 1.58 bits per heavy atom. The summed E-state index contributed by atoms with van der Waals surface area (Å²) in [7, 11) is 0. The van der Waals surface area contributed by atoms with Crippen LogP contribution in [0.15, 0.2) is 60.7 Å². The number of hydrogen-bond acceptors (Lipinski definition) is 6. The molecule has 1 N–H and O–H groups in total. The summed E-state index contributed by atoms with van der Waals surface area (Å²) in [6.07, 6.45) is 5.00. The lowest BCUT2D eigenvalue weighted by molar-refractivity contribution is -0.118. The third-order valence-electron chi connectivity index (χ3n) is 5.55. The van der Waals surface area contributed by atoms with Crippen LogP contribution in [0.3, 0.4) is 0 Å². The highest BCUT2D eigenvalue weighted by Crippen LogP contribution is 2.26. The van der Waals surface area contributed by atoms with E-state index in [9.17, 15) is 4.79 Å². The Kier molecular flexibility index (Phi) is 7.74. The van der Waals surface area contributed by atoms with E-state index >= 15 is 0 Å². The average Bonchev–Trinajstić information content (AvgIpc) is 3.14. The molecule has 0 saturated carbocycles. The first-order chi connectivity index (χ1) is 16.2. The number of hydrogen-bond donors (Lipinski definition) is 1. The summed E-state index contributed by atoms with van der Waals surface area (Å²) in [6.45, 7) is 4.43. The van der Waals surface area contributed by atoms with Crippen LogP contribution in [0.25, 0.3) is 11.3 Å². The van der Waals surface area contributed by atoms with Gasteiger partial charge in [0.2, 0.25) is 0 Å². The van der Waals surface area contributed by atoms with E-state index in [4.69, 9.17) is 9.47 Å². The van der Waals surface area contributed by atoms with Gasteiger partial charge in [-0.05, 0) is 56.2 Å². The minimum absolute atomic E-state index is 0.102. The Bertz CT molecular complexity index is 1030. The van der Waals surface area contributed by atoms with Gasteiger partial charge in [-0.1, -0.05) is 37.1 Å². The van der Waals surface area contributed by atoms with Crippen molar-refractivity contribution in [3.05, 3.63) is 60.7 Å². The Morgan fingerprint density at radius 3 is 2.21 bits per heavy atom. The predicted octanol–water partition coefficient (Wildman–Crippen LogP) is 4.94. The summed E-state index contributed by atoms with van der Waals surface area (Å²) in [5.74, 6) is 1.87. The number of carbonyl (C=O) groups is 1. The fourth-order valence-electron chi connectivity index (χ4n) is 3.86. The Morgan fingerprint density at radius 1 is 0.879 bits per heavy atom. The SMILES string of the molecule is CCOc1ccccc1OCC(=O)Nc1ccc(-c2ccc(N3CCCCCC3)nn2)cc1. The van der Waals surface area contributed by atoms with Crippen molar-refractivity contribution < 1.29 is 14.3 Å². The lowest BCUT2D eigenvalue weighted by Gasteiger charge is -2.20. The van der Waals surface area contributed by atoms with E-state index in [2.05, 4.69) is 20.4 Å². The molecule has 1 aliphatic rings. The largest absolute Gasteiger partial charge is 0.490 e. The highest BCUT2D eigenvalue weighted by atomic mass is 16.5. The molecule has 0 aliphatic carbocycles. The molecule has 2 heterocycles. The minimum atomic E-state index is -0.240. The average molecular weight is 447 g/mol. The molecular formula is C26H30N4O3. The van der Waals surface area contributed by atoms with Crippen molar-refractivity contribution in [1.82, 2.24) is 10.2 Å². The van der Waals surface area contributed by atoms with Gasteiger partial charge in [0, 0.05) is 24.3 Å². The van der Waals surface area contributed by atoms with Crippen molar-refractivity contribution >= 4 is 17.4 Å². The Hall–Kier alpha value is -3.61. The maximum absolute atomic E-state index is 12.3. The van der Waals surface area contributed by atoms with Crippen LogP contribution in [0.4, 0.5) is 11.5 Å². The lowest BCUT2D eigenvalue weighted by Crippen LogP contribution is -2.25. The van der Waals surface area contributed by atoms with Gasteiger partial charge < -0.3 is 19.7 Å². The Balaban J connectivity index is 1.32. The van der Waals surface area contributed by atoms with Gasteiger partial charge in [-0.3, -0.25) is 4.79 Å². The van der Waals surface area contributed by atoms with E-state index in [1.165, 1.54) is 25.7 Å². The molecule has 0 unspecified atom stereocenters. The van der Waals surface area contributed by atoms with E-state index in [1.807, 2.05) is 61.5 Å². The van der Waals surface area contributed by atoms with Crippen molar-refractivity contribution in [2.24, 2.45) is 0 Å². The normalized spacial score (nSPS) is 13.8. The molecule has 33 heavy (non-hydrogen) atoms. The predicted molar refractivity (Wildman–Crippen MR) is 130 cm³/mol. The first-order valence-corrected chi connectivity index (χ1v) is 11.6. The highest BCUT2D eigenvalue weighted by Gasteiger charge is 2.12. The minimum Gasteiger partial charge on any atom is -0.490 e. The van der Waals surface area contributed by atoms with Gasteiger partial charge in [-0.2, -0.15) is 0 Å². The van der Waals surface area contributed by atoms with Crippen molar-refractivity contribution in [3.63, 3.8) is 0 Å². The van der Waals surface area contributed by atoms with Gasteiger partial charge in [-0.25, -0.2) is 0 Å². The zero-order chi connectivity index (χ0) is 22.9. The maximum atomic E-state index is 12.3. The second-order valence-electron chi connectivity index (χ2n) is 7.97. The van der Waals surface area contributed by atoms with Crippen LogP contribution >= 0.6 is 0 Å². The molecule has 1 fully saturated rings. The molecular weight excluding hydrogens is 416 g/mol. The number of carbonyl (C=O) groups excluding carboxylic acids is 1. The summed E-state index contributed by atoms with van der Waals surface area (Å²) < 4.78 is 11.1. The summed E-state index contributed by atoms with van der Waals surface area (Å²) >= 11 is 0. The molecule has 0 atom stereocenters. The van der Waals surface area contributed by atoms with Crippen molar-refractivity contribution in [2.75, 3.05) is 36.5 Å². The number of anilines is 2. The van der Waals surface area contributed by atoms with Gasteiger partial charge in [0.05, 0.1) is 12.3 Å². The van der Waals surface area contributed by atoms with E-state index in [1.54, 1.807) is 6.07 Å². The van der Waals surface area contributed by atoms with E-state index in [0.717, 1.165) is 30.2 Å². The molecule has 1 aliphatic heterocycles. The van der Waals surface area contributed by atoms with Crippen LogP contribution in [-0.2, 0) is 4.79 Å². The smallest absolute Gasteiger partial charge is 0.262 e. The molecule has 0 bridgehead atoms. The van der Waals surface area contributed by atoms with Gasteiger partial charge >= 0.3 is 0 Å². The summed E-state index contributed by atoms with van der Waals surface area (Å²) in [4.78, 5) is 14.6. The number of para-hydroxylation sites is 2. The van der Waals surface area contributed by atoms with Gasteiger partial charge in [0.15, 0.2) is 23.9 Å². The van der Waals surface area contributed by atoms with Crippen LogP contribution in [0.1, 0.15) is 32.6 Å². The van der Waals surface area contributed by atoms with Crippen LogP contribution in [0.5, 0.6) is 11.5 Å².